The Morgan fingerprint density at radius 1 is 0.585 bits per heavy atom. The van der Waals surface area contributed by atoms with Crippen molar-refractivity contribution in [1.29, 1.82) is 0 Å². The third-order valence-corrected chi connectivity index (χ3v) is 8.17. The summed E-state index contributed by atoms with van der Waals surface area (Å²) in [4.78, 5) is 14.2. The van der Waals surface area contributed by atoms with Crippen LogP contribution in [-0.2, 0) is 37.9 Å². The van der Waals surface area contributed by atoms with E-state index in [1.807, 2.05) is 18.2 Å². The number of ether oxygens (including phenoxy) is 15. The van der Waals surface area contributed by atoms with E-state index in [1.165, 1.54) is 35.5 Å². The molecule has 2 aliphatic rings. The Hall–Kier alpha value is -4.39. The van der Waals surface area contributed by atoms with E-state index in [0.29, 0.717) is 34.3 Å². The van der Waals surface area contributed by atoms with Crippen molar-refractivity contribution >= 4 is 5.78 Å². The third kappa shape index (κ3) is 9.59. The normalized spacial score (nSPS) is 18.5. The molecule has 0 radical (unpaired) electrons. The van der Waals surface area contributed by atoms with E-state index in [9.17, 15) is 4.79 Å². The van der Waals surface area contributed by atoms with Crippen LogP contribution in [0.5, 0.6) is 40.2 Å². The average Bonchev–Trinajstić information content (AvgIpc) is 3.90. The van der Waals surface area contributed by atoms with E-state index in [4.69, 9.17) is 71.1 Å². The Morgan fingerprint density at radius 3 is 1.75 bits per heavy atom. The molecule has 0 unspecified atom stereocenters. The highest BCUT2D eigenvalue weighted by Crippen LogP contribution is 2.54. The van der Waals surface area contributed by atoms with Crippen molar-refractivity contribution in [1.82, 2.24) is 0 Å². The topological polar surface area (TPSA) is 159 Å². The average molecular weight is 747 g/mol. The molecule has 0 aliphatic carbocycles. The summed E-state index contributed by atoms with van der Waals surface area (Å²) in [7, 11) is 10.6. The van der Waals surface area contributed by atoms with Gasteiger partial charge in [-0.1, -0.05) is 6.07 Å². The summed E-state index contributed by atoms with van der Waals surface area (Å²) in [5.74, 6) is 1.88. The summed E-state index contributed by atoms with van der Waals surface area (Å²) in [5.41, 5.74) is 2.39. The van der Waals surface area contributed by atoms with Gasteiger partial charge >= 0.3 is 0 Å². The number of methoxy groups -OCH3 is 7. The molecule has 0 spiro atoms. The fourth-order valence-electron chi connectivity index (χ4n) is 5.85. The summed E-state index contributed by atoms with van der Waals surface area (Å²) >= 11 is 0. The van der Waals surface area contributed by atoms with Gasteiger partial charge in [0.25, 0.3) is 0 Å². The van der Waals surface area contributed by atoms with Crippen molar-refractivity contribution in [2.24, 2.45) is 0 Å². The highest BCUT2D eigenvalue weighted by molar-refractivity contribution is 6.06. The minimum Gasteiger partial charge on any atom is -0.493 e. The van der Waals surface area contributed by atoms with Crippen LogP contribution in [0, 0.1) is 0 Å². The molecule has 290 valence electrons. The molecule has 2 heterocycles. The van der Waals surface area contributed by atoms with Crippen LogP contribution >= 0.6 is 0 Å². The Balaban J connectivity index is 1.50. The Bertz CT molecular complexity index is 1620. The lowest BCUT2D eigenvalue weighted by Crippen LogP contribution is -2.16. The summed E-state index contributed by atoms with van der Waals surface area (Å²) in [6.45, 7) is -0.0165. The molecule has 2 aliphatic heterocycles. The van der Waals surface area contributed by atoms with Gasteiger partial charge in [-0.3, -0.25) is 4.79 Å². The minimum absolute atomic E-state index is 0.0376. The molecule has 0 N–H and O–H groups in total. The second kappa shape index (κ2) is 19.6. The largest absolute Gasteiger partial charge is 0.493 e. The molecule has 1 saturated heterocycles. The van der Waals surface area contributed by atoms with Gasteiger partial charge in [-0.05, 0) is 35.4 Å². The molecule has 0 amide bonds. The van der Waals surface area contributed by atoms with E-state index in [0.717, 1.165) is 11.1 Å². The Kier molecular flexibility index (Phi) is 14.7. The molecule has 5 rings (SSSR count). The third-order valence-electron chi connectivity index (χ3n) is 8.17. The molecule has 0 aromatic heterocycles. The van der Waals surface area contributed by atoms with Crippen molar-refractivity contribution in [3.8, 4) is 40.2 Å². The number of benzene rings is 3. The van der Waals surface area contributed by atoms with Crippen molar-refractivity contribution in [2.75, 3.05) is 97.1 Å². The predicted octanol–water partition coefficient (Wildman–Crippen LogP) is 4.77. The van der Waals surface area contributed by atoms with Gasteiger partial charge in [0.2, 0.25) is 5.78 Å². The van der Waals surface area contributed by atoms with Gasteiger partial charge in [0.05, 0.1) is 19.6 Å². The first-order chi connectivity index (χ1) is 25.9. The lowest BCUT2D eigenvalue weighted by molar-refractivity contribution is -0.0420. The zero-order valence-corrected chi connectivity index (χ0v) is 30.8. The highest BCUT2D eigenvalue weighted by atomic mass is 16.7. The molecular formula is C37H46O16. The van der Waals surface area contributed by atoms with Crippen LogP contribution in [0.2, 0.25) is 0 Å². The zero-order valence-electron chi connectivity index (χ0n) is 30.8. The fraction of sp³-hybridized carbons (Fsp3) is 0.486. The standard InChI is InChI=1S/C37H46O16/c1-39-16-46-15-26-25-10-23(12-31(51-21-44-6)36(25)52-34(26)22-8-9-27(48-18-41-3)28(11-22)45-7)35-37(53-35)33(38)32-29(49-19-42-4)13-24(47-17-40-2)14-30(32)50-20-43-5/h8-14,26,34-35,37H,15-21H2,1-7H3/t26-,34+,35+,37+/m1/s1. The molecule has 53 heavy (non-hydrogen) atoms. The maximum absolute atomic E-state index is 14.2. The lowest BCUT2D eigenvalue weighted by atomic mass is 9.89. The monoisotopic (exact) mass is 746 g/mol. The Labute approximate surface area is 307 Å². The molecule has 16 heteroatoms. The van der Waals surface area contributed by atoms with Gasteiger partial charge in [0.15, 0.2) is 63.1 Å². The number of hydrogen-bond donors (Lipinski definition) is 0. The van der Waals surface area contributed by atoms with Gasteiger partial charge in [-0.15, -0.1) is 0 Å². The second-order valence-electron chi connectivity index (χ2n) is 11.7. The fourth-order valence-corrected chi connectivity index (χ4v) is 5.85. The molecular weight excluding hydrogens is 700 g/mol. The highest BCUT2D eigenvalue weighted by Gasteiger charge is 2.50. The minimum atomic E-state index is -0.894. The maximum Gasteiger partial charge on any atom is 0.202 e. The number of ketones is 1. The SMILES string of the molecule is COCOC[C@@H]1c2cc([C@@H]3O[C@H]3C(=O)c3c(OCOC)cc(OCOC)cc3OCOC)cc(OCOC)c2O[C@H]1c1ccc(OCOC)c(OC)c1. The molecule has 0 bridgehead atoms. The van der Waals surface area contributed by atoms with Crippen molar-refractivity contribution in [3.05, 3.63) is 64.7 Å². The number of Topliss-reactive ketones (excluding diaryl/α,β-unsaturated/α-hetero) is 1. The first-order valence-electron chi connectivity index (χ1n) is 16.5. The van der Waals surface area contributed by atoms with E-state index in [-0.39, 0.29) is 76.1 Å². The summed E-state index contributed by atoms with van der Waals surface area (Å²) in [5, 5.41) is 0. The molecule has 3 aromatic rings. The van der Waals surface area contributed by atoms with E-state index >= 15 is 0 Å². The van der Waals surface area contributed by atoms with Crippen LogP contribution in [0.25, 0.3) is 0 Å². The van der Waals surface area contributed by atoms with Gasteiger partial charge in [0.1, 0.15) is 41.8 Å². The van der Waals surface area contributed by atoms with E-state index in [2.05, 4.69) is 0 Å². The van der Waals surface area contributed by atoms with Crippen LogP contribution in [0.1, 0.15) is 45.2 Å². The molecule has 16 nitrogen and oxygen atoms in total. The molecule has 3 aromatic carbocycles. The molecule has 4 atom stereocenters. The summed E-state index contributed by atoms with van der Waals surface area (Å²) in [6, 6.07) is 12.4. The first-order valence-corrected chi connectivity index (χ1v) is 16.5. The number of hydrogen-bond acceptors (Lipinski definition) is 16. The summed E-state index contributed by atoms with van der Waals surface area (Å²) < 4.78 is 84.0. The van der Waals surface area contributed by atoms with Crippen LogP contribution in [0.4, 0.5) is 0 Å². The maximum atomic E-state index is 14.2. The number of carbonyl (C=O) groups is 1. The Morgan fingerprint density at radius 2 is 1.15 bits per heavy atom. The lowest BCUT2D eigenvalue weighted by Gasteiger charge is -2.21. The van der Waals surface area contributed by atoms with Crippen molar-refractivity contribution < 1.29 is 75.8 Å². The van der Waals surface area contributed by atoms with E-state index in [1.54, 1.807) is 38.5 Å². The number of fused-ring (bicyclic) bond motifs is 1. The number of epoxide rings is 1. The summed E-state index contributed by atoms with van der Waals surface area (Å²) in [6.07, 6.45) is -2.07. The predicted molar refractivity (Wildman–Crippen MR) is 184 cm³/mol. The van der Waals surface area contributed by atoms with Gasteiger partial charge < -0.3 is 71.1 Å². The van der Waals surface area contributed by atoms with Crippen molar-refractivity contribution in [2.45, 2.75) is 24.2 Å². The molecule has 1 fully saturated rings. The van der Waals surface area contributed by atoms with Crippen molar-refractivity contribution in [3.63, 3.8) is 0 Å². The number of carbonyl (C=O) groups excluding carboxylic acids is 1. The first kappa shape index (κ1) is 39.8. The zero-order chi connectivity index (χ0) is 37.7. The van der Waals surface area contributed by atoms with Crippen LogP contribution in [-0.4, -0.2) is 109 Å². The van der Waals surface area contributed by atoms with Crippen LogP contribution in [0.15, 0.2) is 42.5 Å². The second-order valence-corrected chi connectivity index (χ2v) is 11.7. The van der Waals surface area contributed by atoms with Crippen LogP contribution < -0.4 is 33.2 Å². The quantitative estimate of drug-likeness (QED) is 0.0534. The van der Waals surface area contributed by atoms with Crippen LogP contribution in [0.3, 0.4) is 0 Å². The smallest absolute Gasteiger partial charge is 0.202 e. The van der Waals surface area contributed by atoms with Gasteiger partial charge in [-0.25, -0.2) is 0 Å². The number of rotatable bonds is 24. The van der Waals surface area contributed by atoms with E-state index < -0.39 is 18.3 Å². The van der Waals surface area contributed by atoms with Gasteiger partial charge in [-0.2, -0.15) is 0 Å². The molecule has 0 saturated carbocycles. The van der Waals surface area contributed by atoms with Gasteiger partial charge in [0, 0.05) is 60.4 Å².